The average molecular weight is 458 g/mol. The van der Waals surface area contributed by atoms with Crippen LogP contribution in [0.2, 0.25) is 0 Å². The lowest BCUT2D eigenvalue weighted by atomic mass is 9.90. The zero-order valence-electron chi connectivity index (χ0n) is 19.1. The largest absolute Gasteiger partial charge is 0.489 e. The minimum absolute atomic E-state index is 0.148. The van der Waals surface area contributed by atoms with Gasteiger partial charge in [0, 0.05) is 6.20 Å². The van der Waals surface area contributed by atoms with E-state index in [0.29, 0.717) is 35.3 Å². The van der Waals surface area contributed by atoms with Crippen molar-refractivity contribution < 1.29 is 19.7 Å². The quantitative estimate of drug-likeness (QED) is 0.436. The van der Waals surface area contributed by atoms with E-state index in [-0.39, 0.29) is 19.0 Å². The zero-order valence-corrected chi connectivity index (χ0v) is 19.1. The summed E-state index contributed by atoms with van der Waals surface area (Å²) in [5.74, 6) is 0.910. The Labute approximate surface area is 191 Å². The van der Waals surface area contributed by atoms with Crippen molar-refractivity contribution in [1.82, 2.24) is 34.9 Å². The van der Waals surface area contributed by atoms with Gasteiger partial charge in [-0.2, -0.15) is 4.80 Å². The SMILES string of the molecule is Cc1nc2c(OCC3CCCCC3)cccn2c1C(=O)NC(C)(CO)c1nnn(CCO)n1. The number of nitrogens with zero attached hydrogens (tertiary/aromatic N) is 6. The van der Waals surface area contributed by atoms with Crippen molar-refractivity contribution in [2.45, 2.75) is 58.0 Å². The third-order valence-electron chi connectivity index (χ3n) is 6.15. The number of hydrogen-bond acceptors (Lipinski definition) is 8. The number of carbonyl (C=O) groups excluding carboxylic acids is 1. The van der Waals surface area contributed by atoms with E-state index in [9.17, 15) is 9.90 Å². The lowest BCUT2D eigenvalue weighted by molar-refractivity contribution is 0.0832. The highest BCUT2D eigenvalue weighted by molar-refractivity contribution is 5.95. The van der Waals surface area contributed by atoms with Crippen molar-refractivity contribution in [1.29, 1.82) is 0 Å². The van der Waals surface area contributed by atoms with Crippen molar-refractivity contribution in [3.8, 4) is 5.75 Å². The van der Waals surface area contributed by atoms with Crippen LogP contribution in [0.1, 0.15) is 61.0 Å². The molecule has 178 valence electrons. The molecule has 0 saturated heterocycles. The molecule has 0 bridgehead atoms. The van der Waals surface area contributed by atoms with Crippen LogP contribution >= 0.6 is 0 Å². The van der Waals surface area contributed by atoms with Gasteiger partial charge in [-0.15, -0.1) is 10.2 Å². The Kier molecular flexibility index (Phi) is 6.89. The first kappa shape index (κ1) is 23.1. The van der Waals surface area contributed by atoms with E-state index in [1.165, 1.54) is 36.9 Å². The summed E-state index contributed by atoms with van der Waals surface area (Å²) in [5.41, 5.74) is 0.193. The van der Waals surface area contributed by atoms with Crippen LogP contribution in [-0.2, 0) is 12.1 Å². The fourth-order valence-corrected chi connectivity index (χ4v) is 4.23. The highest BCUT2D eigenvalue weighted by Crippen LogP contribution is 2.27. The topological polar surface area (TPSA) is 140 Å². The second-order valence-corrected chi connectivity index (χ2v) is 8.80. The van der Waals surface area contributed by atoms with E-state index in [2.05, 4.69) is 25.7 Å². The molecular formula is C22H31N7O4. The van der Waals surface area contributed by atoms with Gasteiger partial charge in [0.2, 0.25) is 5.82 Å². The Balaban J connectivity index is 1.56. The van der Waals surface area contributed by atoms with E-state index < -0.39 is 18.1 Å². The highest BCUT2D eigenvalue weighted by Gasteiger charge is 2.35. The number of carbonyl (C=O) groups is 1. The van der Waals surface area contributed by atoms with Crippen LogP contribution in [0.5, 0.6) is 5.75 Å². The number of imidazole rings is 1. The number of nitrogens with one attached hydrogen (secondary N) is 1. The van der Waals surface area contributed by atoms with E-state index in [4.69, 9.17) is 9.84 Å². The molecule has 3 aromatic rings. The summed E-state index contributed by atoms with van der Waals surface area (Å²) in [7, 11) is 0. The molecule has 3 heterocycles. The lowest BCUT2D eigenvalue weighted by Crippen LogP contribution is -2.47. The van der Waals surface area contributed by atoms with Crippen LogP contribution in [0.15, 0.2) is 18.3 Å². The van der Waals surface area contributed by atoms with Crippen LogP contribution in [0.25, 0.3) is 5.65 Å². The van der Waals surface area contributed by atoms with Crippen LogP contribution in [0, 0.1) is 12.8 Å². The number of aliphatic hydroxyl groups is 2. The molecular weight excluding hydrogens is 426 g/mol. The monoisotopic (exact) mass is 457 g/mol. The molecule has 1 aliphatic rings. The normalized spacial score (nSPS) is 16.6. The highest BCUT2D eigenvalue weighted by atomic mass is 16.5. The van der Waals surface area contributed by atoms with Crippen molar-refractivity contribution in [2.24, 2.45) is 5.92 Å². The summed E-state index contributed by atoms with van der Waals surface area (Å²) in [6, 6.07) is 3.70. The third-order valence-corrected chi connectivity index (χ3v) is 6.15. The number of amides is 1. The minimum Gasteiger partial charge on any atom is -0.489 e. The van der Waals surface area contributed by atoms with E-state index in [1.807, 2.05) is 12.1 Å². The van der Waals surface area contributed by atoms with Gasteiger partial charge in [-0.3, -0.25) is 9.20 Å². The summed E-state index contributed by atoms with van der Waals surface area (Å²) in [6.07, 6.45) is 7.92. The van der Waals surface area contributed by atoms with Gasteiger partial charge in [0.1, 0.15) is 11.2 Å². The van der Waals surface area contributed by atoms with Crippen molar-refractivity contribution in [2.75, 3.05) is 19.8 Å². The van der Waals surface area contributed by atoms with Gasteiger partial charge in [-0.05, 0) is 50.0 Å². The molecule has 0 spiro atoms. The molecule has 1 amide bonds. The van der Waals surface area contributed by atoms with Crippen LogP contribution in [-0.4, -0.2) is 65.5 Å². The molecule has 33 heavy (non-hydrogen) atoms. The van der Waals surface area contributed by atoms with Gasteiger partial charge >= 0.3 is 0 Å². The first-order valence-electron chi connectivity index (χ1n) is 11.4. The number of aromatic nitrogens is 6. The molecule has 11 heteroatoms. The molecule has 1 saturated carbocycles. The zero-order chi connectivity index (χ0) is 23.4. The number of aliphatic hydroxyl groups excluding tert-OH is 2. The van der Waals surface area contributed by atoms with Gasteiger partial charge in [0.05, 0.1) is 32.1 Å². The van der Waals surface area contributed by atoms with Crippen LogP contribution < -0.4 is 10.1 Å². The van der Waals surface area contributed by atoms with Crippen LogP contribution in [0.4, 0.5) is 0 Å². The second-order valence-electron chi connectivity index (χ2n) is 8.80. The summed E-state index contributed by atoms with van der Waals surface area (Å²) < 4.78 is 7.82. The molecule has 3 N–H and O–H groups in total. The molecule has 3 aromatic heterocycles. The first-order valence-corrected chi connectivity index (χ1v) is 11.4. The van der Waals surface area contributed by atoms with Crippen molar-refractivity contribution in [3.05, 3.63) is 35.5 Å². The molecule has 1 fully saturated rings. The number of aryl methyl sites for hydroxylation is 1. The Hall–Kier alpha value is -3.05. The van der Waals surface area contributed by atoms with Crippen molar-refractivity contribution in [3.63, 3.8) is 0 Å². The summed E-state index contributed by atoms with van der Waals surface area (Å²) in [5, 5.41) is 33.8. The summed E-state index contributed by atoms with van der Waals surface area (Å²) in [6.45, 7) is 3.60. The maximum absolute atomic E-state index is 13.3. The molecule has 11 nitrogen and oxygen atoms in total. The number of fused-ring (bicyclic) bond motifs is 1. The fraction of sp³-hybridized carbons (Fsp3) is 0.591. The number of ether oxygens (including phenoxy) is 1. The standard InChI is InChI=1S/C22H31N7O4/c1-15-18(20(32)24-22(2,14-31)21-25-27-29(26-21)11-12-30)28-10-6-9-17(19(28)23-15)33-13-16-7-4-3-5-8-16/h6,9-10,16,30-31H,3-5,7-8,11-14H2,1-2H3,(H,24,32). The molecule has 1 aliphatic carbocycles. The van der Waals surface area contributed by atoms with E-state index in [0.717, 1.165) is 0 Å². The third kappa shape index (κ3) is 4.83. The summed E-state index contributed by atoms with van der Waals surface area (Å²) >= 11 is 0. The Morgan fingerprint density at radius 1 is 1.30 bits per heavy atom. The van der Waals surface area contributed by atoms with Gasteiger partial charge in [-0.1, -0.05) is 19.3 Å². The number of tetrazole rings is 1. The molecule has 1 atom stereocenters. The second kappa shape index (κ2) is 9.84. The summed E-state index contributed by atoms with van der Waals surface area (Å²) in [4.78, 5) is 19.1. The molecule has 4 rings (SSSR count). The number of hydrogen-bond donors (Lipinski definition) is 3. The van der Waals surface area contributed by atoms with Crippen LogP contribution in [0.3, 0.4) is 0 Å². The Morgan fingerprint density at radius 2 is 2.09 bits per heavy atom. The predicted octanol–water partition coefficient (Wildman–Crippen LogP) is 1.22. The average Bonchev–Trinajstić information content (AvgIpc) is 3.43. The Morgan fingerprint density at radius 3 is 2.82 bits per heavy atom. The van der Waals surface area contributed by atoms with E-state index >= 15 is 0 Å². The lowest BCUT2D eigenvalue weighted by Gasteiger charge is -2.25. The molecule has 0 radical (unpaired) electrons. The van der Waals surface area contributed by atoms with Gasteiger partial charge in [-0.25, -0.2) is 4.98 Å². The van der Waals surface area contributed by atoms with Gasteiger partial charge in [0.25, 0.3) is 5.91 Å². The number of rotatable bonds is 9. The fourth-order valence-electron chi connectivity index (χ4n) is 4.23. The Bertz CT molecular complexity index is 1110. The minimum atomic E-state index is -1.27. The number of pyridine rings is 1. The van der Waals surface area contributed by atoms with Crippen molar-refractivity contribution >= 4 is 11.6 Å². The first-order chi connectivity index (χ1) is 15.9. The smallest absolute Gasteiger partial charge is 0.271 e. The predicted molar refractivity (Wildman–Crippen MR) is 119 cm³/mol. The maximum atomic E-state index is 13.3. The van der Waals surface area contributed by atoms with Gasteiger partial charge in [0.15, 0.2) is 11.4 Å². The van der Waals surface area contributed by atoms with Gasteiger partial charge < -0.3 is 20.3 Å². The maximum Gasteiger partial charge on any atom is 0.271 e. The molecule has 0 aromatic carbocycles. The van der Waals surface area contributed by atoms with E-state index in [1.54, 1.807) is 24.4 Å². The molecule has 0 aliphatic heterocycles. The molecule has 1 unspecified atom stereocenters.